The molecule has 0 aliphatic rings. The Balaban J connectivity index is 2.34. The average molecular weight is 402 g/mol. The van der Waals surface area contributed by atoms with Crippen LogP contribution < -0.4 is 0 Å². The van der Waals surface area contributed by atoms with Crippen molar-refractivity contribution < 1.29 is 0 Å². The van der Waals surface area contributed by atoms with Gasteiger partial charge in [-0.25, -0.2) is 0 Å². The molecule has 0 saturated heterocycles. The highest BCUT2D eigenvalue weighted by atomic mass is 79.9. The van der Waals surface area contributed by atoms with E-state index < -0.39 is 0 Å². The lowest BCUT2D eigenvalue weighted by Crippen LogP contribution is -2.07. The van der Waals surface area contributed by atoms with Gasteiger partial charge in [-0.3, -0.25) is 0 Å². The third-order valence-electron chi connectivity index (χ3n) is 3.12. The lowest BCUT2D eigenvalue weighted by Gasteiger charge is -2.16. The monoisotopic (exact) mass is 400 g/mol. The number of alkyl halides is 1. The molecule has 0 spiro atoms. The summed E-state index contributed by atoms with van der Waals surface area (Å²) in [7, 11) is 0. The van der Waals surface area contributed by atoms with E-state index in [9.17, 15) is 0 Å². The van der Waals surface area contributed by atoms with Gasteiger partial charge in [0.25, 0.3) is 0 Å². The van der Waals surface area contributed by atoms with Gasteiger partial charge in [-0.05, 0) is 47.7 Å². The number of benzene rings is 1. The molecule has 0 amide bonds. The van der Waals surface area contributed by atoms with Crippen molar-refractivity contribution in [2.75, 3.05) is 0 Å². The Labute approximate surface area is 136 Å². The normalized spacial score (nSPS) is 13.6. The summed E-state index contributed by atoms with van der Waals surface area (Å²) in [5, 5.41) is 0. The molecule has 0 aliphatic heterocycles. The lowest BCUT2D eigenvalue weighted by molar-refractivity contribution is 0.604. The van der Waals surface area contributed by atoms with Crippen molar-refractivity contribution in [3.05, 3.63) is 55.7 Å². The van der Waals surface area contributed by atoms with Gasteiger partial charge in [0.15, 0.2) is 0 Å². The maximum Gasteiger partial charge on any atom is 0.0740 e. The van der Waals surface area contributed by atoms with Crippen molar-refractivity contribution >= 4 is 43.2 Å². The minimum absolute atomic E-state index is 0.227. The minimum atomic E-state index is 0.227. The van der Waals surface area contributed by atoms with Crippen LogP contribution in [0.25, 0.3) is 0 Å². The van der Waals surface area contributed by atoms with E-state index in [1.165, 1.54) is 20.9 Å². The first-order valence-electron chi connectivity index (χ1n) is 6.29. The number of aryl methyl sites for hydroxylation is 1. The molecule has 0 nitrogen and oxygen atoms in total. The van der Waals surface area contributed by atoms with E-state index in [2.05, 4.69) is 89.9 Å². The van der Waals surface area contributed by atoms with Gasteiger partial charge in [-0.2, -0.15) is 0 Å². The van der Waals surface area contributed by atoms with Crippen molar-refractivity contribution in [1.82, 2.24) is 0 Å². The van der Waals surface area contributed by atoms with E-state index in [1.807, 2.05) is 11.3 Å². The standard InChI is InChI=1S/C16H18Br2S/c1-10-9-11(17)5-6-12(10)15(18)13-7-8-14(19-13)16(2,3)4/h5-9,15H,1-4H3. The molecule has 0 aliphatic carbocycles. The Kier molecular flexibility index (Phi) is 4.59. The molecule has 1 aromatic carbocycles. The summed E-state index contributed by atoms with van der Waals surface area (Å²) in [6.07, 6.45) is 0. The Morgan fingerprint density at radius 3 is 2.32 bits per heavy atom. The minimum Gasteiger partial charge on any atom is -0.143 e. The van der Waals surface area contributed by atoms with Crippen LogP contribution in [0, 0.1) is 6.92 Å². The molecule has 3 heteroatoms. The molecule has 0 fully saturated rings. The van der Waals surface area contributed by atoms with Crippen LogP contribution in [-0.2, 0) is 5.41 Å². The molecule has 2 aromatic rings. The number of hydrogen-bond acceptors (Lipinski definition) is 1. The van der Waals surface area contributed by atoms with Crippen LogP contribution >= 0.6 is 43.2 Å². The molecule has 19 heavy (non-hydrogen) atoms. The fraction of sp³-hybridized carbons (Fsp3) is 0.375. The summed E-state index contributed by atoms with van der Waals surface area (Å²) in [5.41, 5.74) is 2.87. The van der Waals surface area contributed by atoms with E-state index >= 15 is 0 Å². The molecular weight excluding hydrogens is 384 g/mol. The fourth-order valence-electron chi connectivity index (χ4n) is 1.97. The number of thiophene rings is 1. The molecule has 0 bridgehead atoms. The largest absolute Gasteiger partial charge is 0.143 e. The smallest absolute Gasteiger partial charge is 0.0740 e. The summed E-state index contributed by atoms with van der Waals surface area (Å²) in [6, 6.07) is 11.0. The number of rotatable bonds is 2. The van der Waals surface area contributed by atoms with Crippen LogP contribution in [0.1, 0.15) is 46.5 Å². The quantitative estimate of drug-likeness (QED) is 0.497. The summed E-state index contributed by atoms with van der Waals surface area (Å²) in [4.78, 5) is 3.08. The highest BCUT2D eigenvalue weighted by molar-refractivity contribution is 9.10. The molecule has 1 aromatic heterocycles. The zero-order chi connectivity index (χ0) is 14.2. The van der Waals surface area contributed by atoms with Crippen molar-refractivity contribution in [3.63, 3.8) is 0 Å². The van der Waals surface area contributed by atoms with Crippen LogP contribution in [-0.4, -0.2) is 0 Å². The molecule has 102 valence electrons. The Hall–Kier alpha value is -0.120. The van der Waals surface area contributed by atoms with Gasteiger partial charge in [0.1, 0.15) is 0 Å². The fourth-order valence-corrected chi connectivity index (χ4v) is 4.45. The third kappa shape index (κ3) is 3.50. The maximum atomic E-state index is 3.84. The first kappa shape index (κ1) is 15.3. The average Bonchev–Trinajstić information content (AvgIpc) is 2.76. The van der Waals surface area contributed by atoms with Gasteiger partial charge >= 0.3 is 0 Å². The van der Waals surface area contributed by atoms with Crippen LogP contribution in [0.5, 0.6) is 0 Å². The molecule has 2 rings (SSSR count). The van der Waals surface area contributed by atoms with Crippen molar-refractivity contribution in [1.29, 1.82) is 0 Å². The first-order valence-corrected chi connectivity index (χ1v) is 8.82. The maximum absolute atomic E-state index is 3.84. The second kappa shape index (κ2) is 5.71. The molecule has 0 radical (unpaired) electrons. The lowest BCUT2D eigenvalue weighted by atomic mass is 9.95. The SMILES string of the molecule is Cc1cc(Br)ccc1C(Br)c1ccc(C(C)(C)C)s1. The molecule has 0 N–H and O–H groups in total. The van der Waals surface area contributed by atoms with Gasteiger partial charge < -0.3 is 0 Å². The predicted octanol–water partition coefficient (Wildman–Crippen LogP) is 6.60. The van der Waals surface area contributed by atoms with Crippen molar-refractivity contribution in [2.24, 2.45) is 0 Å². The van der Waals surface area contributed by atoms with Gasteiger partial charge in [-0.15, -0.1) is 11.3 Å². The third-order valence-corrected chi connectivity index (χ3v) is 6.48. The highest BCUT2D eigenvalue weighted by Gasteiger charge is 2.20. The van der Waals surface area contributed by atoms with Gasteiger partial charge in [0, 0.05) is 14.2 Å². The van der Waals surface area contributed by atoms with Crippen LogP contribution in [0.3, 0.4) is 0 Å². The van der Waals surface area contributed by atoms with Crippen molar-refractivity contribution in [3.8, 4) is 0 Å². The Bertz CT molecular complexity index is 579. The van der Waals surface area contributed by atoms with E-state index in [4.69, 9.17) is 0 Å². The van der Waals surface area contributed by atoms with Crippen molar-refractivity contribution in [2.45, 2.75) is 37.9 Å². The zero-order valence-corrected chi connectivity index (χ0v) is 15.6. The van der Waals surface area contributed by atoms with E-state index in [-0.39, 0.29) is 10.2 Å². The van der Waals surface area contributed by atoms with Gasteiger partial charge in [-0.1, -0.05) is 58.7 Å². The zero-order valence-electron chi connectivity index (χ0n) is 11.6. The second-order valence-corrected chi connectivity index (χ2v) is 8.76. The predicted molar refractivity (Wildman–Crippen MR) is 92.7 cm³/mol. The molecule has 1 unspecified atom stereocenters. The summed E-state index contributed by atoms with van der Waals surface area (Å²) in [5.74, 6) is 0. The highest BCUT2D eigenvalue weighted by Crippen LogP contribution is 2.40. The molecule has 1 atom stereocenters. The van der Waals surface area contributed by atoms with E-state index in [0.717, 1.165) is 4.47 Å². The number of halogens is 2. The first-order chi connectivity index (χ1) is 8.79. The number of hydrogen-bond donors (Lipinski definition) is 0. The molecule has 0 saturated carbocycles. The molecule has 1 heterocycles. The second-order valence-electron chi connectivity index (χ2n) is 5.82. The van der Waals surface area contributed by atoms with Gasteiger partial charge in [0.05, 0.1) is 4.83 Å². The topological polar surface area (TPSA) is 0 Å². The van der Waals surface area contributed by atoms with E-state index in [0.29, 0.717) is 0 Å². The molecular formula is C16H18Br2S. The van der Waals surface area contributed by atoms with E-state index in [1.54, 1.807) is 0 Å². The Morgan fingerprint density at radius 1 is 1.11 bits per heavy atom. The summed E-state index contributed by atoms with van der Waals surface area (Å²) in [6.45, 7) is 8.94. The Morgan fingerprint density at radius 2 is 1.79 bits per heavy atom. The van der Waals surface area contributed by atoms with Crippen LogP contribution in [0.15, 0.2) is 34.8 Å². The summed E-state index contributed by atoms with van der Waals surface area (Å²) < 4.78 is 1.13. The van der Waals surface area contributed by atoms with Crippen LogP contribution in [0.2, 0.25) is 0 Å². The summed E-state index contributed by atoms with van der Waals surface area (Å²) >= 11 is 9.26. The van der Waals surface area contributed by atoms with Crippen LogP contribution in [0.4, 0.5) is 0 Å². The van der Waals surface area contributed by atoms with Gasteiger partial charge in [0.2, 0.25) is 0 Å².